The molecule has 3 rings (SSSR count). The Morgan fingerprint density at radius 2 is 1.84 bits per heavy atom. The summed E-state index contributed by atoms with van der Waals surface area (Å²) in [6.07, 6.45) is 2.11. The van der Waals surface area contributed by atoms with Crippen LogP contribution in [0.15, 0.2) is 54.6 Å². The number of benzene rings is 2. The lowest BCUT2D eigenvalue weighted by molar-refractivity contribution is 0.714. The molecule has 2 heteroatoms. The van der Waals surface area contributed by atoms with Crippen LogP contribution in [-0.2, 0) is 6.42 Å². The molecule has 0 amide bonds. The zero-order valence-electron chi connectivity index (χ0n) is 10.6. The van der Waals surface area contributed by atoms with E-state index in [0.717, 1.165) is 11.4 Å². The van der Waals surface area contributed by atoms with E-state index in [1.807, 2.05) is 18.2 Å². The summed E-state index contributed by atoms with van der Waals surface area (Å²) in [5.74, 6) is 1.24. The SMILES string of the molecule is Clc1cccc(CC(Cl)C2CC2c2ccccc2)c1. The number of alkyl halides is 1. The van der Waals surface area contributed by atoms with E-state index in [0.29, 0.717) is 11.8 Å². The van der Waals surface area contributed by atoms with Gasteiger partial charge in [0.15, 0.2) is 0 Å². The summed E-state index contributed by atoms with van der Waals surface area (Å²) in [5.41, 5.74) is 2.65. The highest BCUT2D eigenvalue weighted by molar-refractivity contribution is 6.30. The van der Waals surface area contributed by atoms with E-state index in [1.54, 1.807) is 0 Å². The van der Waals surface area contributed by atoms with Gasteiger partial charge in [0.05, 0.1) is 0 Å². The maximum Gasteiger partial charge on any atom is 0.0410 e. The van der Waals surface area contributed by atoms with E-state index in [1.165, 1.54) is 17.5 Å². The molecule has 1 aliphatic rings. The zero-order valence-corrected chi connectivity index (χ0v) is 12.1. The molecule has 19 heavy (non-hydrogen) atoms. The highest BCUT2D eigenvalue weighted by atomic mass is 35.5. The van der Waals surface area contributed by atoms with Crippen LogP contribution in [0.25, 0.3) is 0 Å². The number of hydrogen-bond donors (Lipinski definition) is 0. The first-order valence-electron chi connectivity index (χ1n) is 6.67. The van der Waals surface area contributed by atoms with E-state index in [-0.39, 0.29) is 5.38 Å². The molecule has 1 fully saturated rings. The van der Waals surface area contributed by atoms with Crippen molar-refractivity contribution in [2.75, 3.05) is 0 Å². The van der Waals surface area contributed by atoms with Gasteiger partial charge in [0, 0.05) is 10.4 Å². The van der Waals surface area contributed by atoms with Gasteiger partial charge in [0.2, 0.25) is 0 Å². The van der Waals surface area contributed by atoms with Crippen LogP contribution in [0.2, 0.25) is 5.02 Å². The van der Waals surface area contributed by atoms with Crippen LogP contribution in [0.1, 0.15) is 23.5 Å². The smallest absolute Gasteiger partial charge is 0.0410 e. The van der Waals surface area contributed by atoms with Gasteiger partial charge in [-0.05, 0) is 47.9 Å². The molecule has 0 N–H and O–H groups in total. The van der Waals surface area contributed by atoms with Gasteiger partial charge >= 0.3 is 0 Å². The summed E-state index contributed by atoms with van der Waals surface area (Å²) < 4.78 is 0. The molecule has 3 unspecified atom stereocenters. The van der Waals surface area contributed by atoms with Crippen LogP contribution < -0.4 is 0 Å². The normalized spacial score (nSPS) is 23.1. The summed E-state index contributed by atoms with van der Waals surface area (Å²) in [6, 6.07) is 18.7. The predicted molar refractivity (Wildman–Crippen MR) is 82.1 cm³/mol. The summed E-state index contributed by atoms with van der Waals surface area (Å²) in [6.45, 7) is 0. The molecule has 2 aromatic rings. The van der Waals surface area contributed by atoms with Gasteiger partial charge in [0.25, 0.3) is 0 Å². The minimum absolute atomic E-state index is 0.198. The predicted octanol–water partition coefficient (Wildman–Crippen LogP) is 5.29. The van der Waals surface area contributed by atoms with Crippen molar-refractivity contribution in [2.45, 2.75) is 24.1 Å². The lowest BCUT2D eigenvalue weighted by atomic mass is 10.0. The minimum atomic E-state index is 0.198. The standard InChI is InChI=1S/C17H16Cl2/c18-14-8-4-5-12(9-14)10-17(19)16-11-15(16)13-6-2-1-3-7-13/h1-9,15-17H,10-11H2. The molecule has 0 bridgehead atoms. The third kappa shape index (κ3) is 3.13. The quantitative estimate of drug-likeness (QED) is 0.671. The van der Waals surface area contributed by atoms with E-state index < -0.39 is 0 Å². The van der Waals surface area contributed by atoms with Gasteiger partial charge in [-0.15, -0.1) is 11.6 Å². The van der Waals surface area contributed by atoms with Crippen LogP contribution in [0.3, 0.4) is 0 Å². The third-order valence-corrected chi connectivity index (χ3v) is 4.56. The molecule has 0 aliphatic heterocycles. The fraction of sp³-hybridized carbons (Fsp3) is 0.294. The molecule has 0 heterocycles. The molecular formula is C17H16Cl2. The summed E-state index contributed by atoms with van der Waals surface area (Å²) in [5, 5.41) is 0.987. The lowest BCUT2D eigenvalue weighted by Crippen LogP contribution is -2.07. The molecular weight excluding hydrogens is 275 g/mol. The van der Waals surface area contributed by atoms with Crippen molar-refractivity contribution in [1.82, 2.24) is 0 Å². The Morgan fingerprint density at radius 1 is 1.05 bits per heavy atom. The van der Waals surface area contributed by atoms with Gasteiger partial charge in [0.1, 0.15) is 0 Å². The first kappa shape index (κ1) is 13.0. The number of rotatable bonds is 4. The maximum absolute atomic E-state index is 6.57. The molecule has 0 spiro atoms. The van der Waals surface area contributed by atoms with Crippen LogP contribution in [0, 0.1) is 5.92 Å². The second kappa shape index (κ2) is 5.56. The van der Waals surface area contributed by atoms with E-state index in [9.17, 15) is 0 Å². The molecule has 2 aromatic carbocycles. The number of halogens is 2. The second-order valence-electron chi connectivity index (χ2n) is 5.27. The first-order valence-corrected chi connectivity index (χ1v) is 7.49. The molecule has 0 radical (unpaired) electrons. The molecule has 0 saturated heterocycles. The van der Waals surface area contributed by atoms with Crippen LogP contribution in [0.5, 0.6) is 0 Å². The summed E-state index contributed by atoms with van der Waals surface area (Å²) >= 11 is 12.6. The minimum Gasteiger partial charge on any atom is -0.122 e. The Bertz CT molecular complexity index is 550. The van der Waals surface area contributed by atoms with Gasteiger partial charge < -0.3 is 0 Å². The summed E-state index contributed by atoms with van der Waals surface area (Å²) in [7, 11) is 0. The Hall–Kier alpha value is -0.980. The van der Waals surface area contributed by atoms with E-state index in [4.69, 9.17) is 23.2 Å². The van der Waals surface area contributed by atoms with Gasteiger partial charge in [-0.2, -0.15) is 0 Å². The maximum atomic E-state index is 6.57. The van der Waals surface area contributed by atoms with Gasteiger partial charge in [-0.25, -0.2) is 0 Å². The van der Waals surface area contributed by atoms with E-state index >= 15 is 0 Å². The van der Waals surface area contributed by atoms with Crippen molar-refractivity contribution in [3.63, 3.8) is 0 Å². The van der Waals surface area contributed by atoms with Crippen molar-refractivity contribution >= 4 is 23.2 Å². The van der Waals surface area contributed by atoms with Crippen molar-refractivity contribution in [3.05, 3.63) is 70.7 Å². The van der Waals surface area contributed by atoms with Gasteiger partial charge in [-0.3, -0.25) is 0 Å². The van der Waals surface area contributed by atoms with Crippen molar-refractivity contribution < 1.29 is 0 Å². The van der Waals surface area contributed by atoms with Crippen LogP contribution in [-0.4, -0.2) is 5.38 Å². The monoisotopic (exact) mass is 290 g/mol. The summed E-state index contributed by atoms with van der Waals surface area (Å²) in [4.78, 5) is 0. The fourth-order valence-corrected chi connectivity index (χ4v) is 3.41. The highest BCUT2D eigenvalue weighted by Gasteiger charge is 2.42. The van der Waals surface area contributed by atoms with Crippen LogP contribution >= 0.6 is 23.2 Å². The third-order valence-electron chi connectivity index (χ3n) is 3.85. The Balaban J connectivity index is 1.63. The topological polar surface area (TPSA) is 0 Å². The van der Waals surface area contributed by atoms with Crippen molar-refractivity contribution in [2.24, 2.45) is 5.92 Å². The zero-order chi connectivity index (χ0) is 13.2. The van der Waals surface area contributed by atoms with Gasteiger partial charge in [-0.1, -0.05) is 54.1 Å². The molecule has 0 nitrogen and oxygen atoms in total. The second-order valence-corrected chi connectivity index (χ2v) is 6.26. The highest BCUT2D eigenvalue weighted by Crippen LogP contribution is 2.51. The average molecular weight is 291 g/mol. The Kier molecular flexibility index (Phi) is 3.81. The Labute approximate surface area is 124 Å². The molecule has 0 aromatic heterocycles. The number of hydrogen-bond acceptors (Lipinski definition) is 0. The molecule has 98 valence electrons. The van der Waals surface area contributed by atoms with Crippen LogP contribution in [0.4, 0.5) is 0 Å². The largest absolute Gasteiger partial charge is 0.122 e. The fourth-order valence-electron chi connectivity index (χ4n) is 2.74. The molecule has 1 aliphatic carbocycles. The Morgan fingerprint density at radius 3 is 2.58 bits per heavy atom. The van der Waals surface area contributed by atoms with Crippen molar-refractivity contribution in [3.8, 4) is 0 Å². The van der Waals surface area contributed by atoms with Crippen molar-refractivity contribution in [1.29, 1.82) is 0 Å². The molecule has 1 saturated carbocycles. The average Bonchev–Trinajstić information content (AvgIpc) is 3.20. The first-order chi connectivity index (χ1) is 9.24. The lowest BCUT2D eigenvalue weighted by Gasteiger charge is -2.09. The van der Waals surface area contributed by atoms with E-state index in [2.05, 4.69) is 36.4 Å². The molecule has 3 atom stereocenters.